The first-order valence-corrected chi connectivity index (χ1v) is 12.6. The Balaban J connectivity index is 1.86. The van der Waals surface area contributed by atoms with Gasteiger partial charge in [0.1, 0.15) is 0 Å². The normalized spacial score (nSPS) is 27.0. The Hall–Kier alpha value is -1.98. The number of sulfonamides is 1. The lowest BCUT2D eigenvalue weighted by molar-refractivity contribution is -0.129. The monoisotopic (exact) mass is 442 g/mol. The molecule has 29 heavy (non-hydrogen) atoms. The van der Waals surface area contributed by atoms with E-state index in [9.17, 15) is 21.6 Å². The first-order valence-electron chi connectivity index (χ1n) is 9.27. The summed E-state index contributed by atoms with van der Waals surface area (Å²) in [5.74, 6) is -0.158. The van der Waals surface area contributed by atoms with Gasteiger partial charge in [-0.2, -0.15) is 4.31 Å². The summed E-state index contributed by atoms with van der Waals surface area (Å²) in [5, 5.41) is 0. The summed E-state index contributed by atoms with van der Waals surface area (Å²) in [5.41, 5.74) is 5.12. The predicted octanol–water partition coefficient (Wildman–Crippen LogP) is 0.426. The highest BCUT2D eigenvalue weighted by Crippen LogP contribution is 2.37. The fraction of sp³-hybridized carbons (Fsp3) is 0.556. The molecule has 11 heteroatoms. The molecule has 1 aromatic rings. The van der Waals surface area contributed by atoms with Crippen LogP contribution in [0, 0.1) is 5.92 Å². The number of hydrogen-bond acceptors (Lipinski definition) is 7. The van der Waals surface area contributed by atoms with Crippen molar-refractivity contribution in [2.75, 3.05) is 26.4 Å². The van der Waals surface area contributed by atoms with Gasteiger partial charge < -0.3 is 5.73 Å². The lowest BCUT2D eigenvalue weighted by Crippen LogP contribution is -2.54. The summed E-state index contributed by atoms with van der Waals surface area (Å²) in [7, 11) is -5.64. The molecule has 9 nitrogen and oxygen atoms in total. The van der Waals surface area contributed by atoms with Crippen LogP contribution in [0.25, 0.3) is 0 Å². The van der Waals surface area contributed by atoms with E-state index in [1.165, 1.54) is 33.5 Å². The van der Waals surface area contributed by atoms with Crippen molar-refractivity contribution >= 4 is 31.7 Å². The van der Waals surface area contributed by atoms with E-state index in [2.05, 4.69) is 4.99 Å². The molecule has 160 valence electrons. The first kappa shape index (κ1) is 21.7. The standard InChI is InChI=1S/C18H26N4O5S2/c1-18(11-16(23)21(2)17(19)20-18)13-5-4-10-22(12-13)29(26,27)15-8-6-14(7-9-15)28(3,24)25/h6-9,13H,4-5,10-12H2,1-3H3,(H2,19,20)/t13?,18-/m0/s1. The van der Waals surface area contributed by atoms with Crippen molar-refractivity contribution in [3.63, 3.8) is 0 Å². The van der Waals surface area contributed by atoms with Crippen LogP contribution in [0.5, 0.6) is 0 Å². The predicted molar refractivity (Wildman–Crippen MR) is 108 cm³/mol. The Morgan fingerprint density at radius 1 is 1.14 bits per heavy atom. The molecule has 2 atom stereocenters. The second kappa shape index (κ2) is 7.37. The summed E-state index contributed by atoms with van der Waals surface area (Å²) < 4.78 is 50.8. The van der Waals surface area contributed by atoms with Crippen LogP contribution in [0.3, 0.4) is 0 Å². The number of rotatable bonds is 4. The van der Waals surface area contributed by atoms with Crippen LogP contribution < -0.4 is 5.73 Å². The Morgan fingerprint density at radius 3 is 2.28 bits per heavy atom. The molecule has 2 aliphatic rings. The number of amides is 1. The highest BCUT2D eigenvalue weighted by Gasteiger charge is 2.44. The third-order valence-corrected chi connectivity index (χ3v) is 8.76. The minimum absolute atomic E-state index is 0.0400. The smallest absolute Gasteiger partial charge is 0.243 e. The fourth-order valence-corrected chi connectivity index (χ4v) is 5.99. The van der Waals surface area contributed by atoms with E-state index in [4.69, 9.17) is 5.73 Å². The van der Waals surface area contributed by atoms with Gasteiger partial charge in [-0.15, -0.1) is 0 Å². The average Bonchev–Trinajstić information content (AvgIpc) is 2.65. The Bertz CT molecular complexity index is 1050. The number of carbonyl (C=O) groups excluding carboxylic acids is 1. The minimum Gasteiger partial charge on any atom is -0.369 e. The lowest BCUT2D eigenvalue weighted by atomic mass is 9.78. The number of nitrogens with zero attached hydrogens (tertiary/aromatic N) is 3. The zero-order valence-corrected chi connectivity index (χ0v) is 18.3. The maximum atomic E-state index is 13.1. The van der Waals surface area contributed by atoms with E-state index in [0.29, 0.717) is 13.0 Å². The molecule has 0 radical (unpaired) electrons. The maximum absolute atomic E-state index is 13.1. The summed E-state index contributed by atoms with van der Waals surface area (Å²) >= 11 is 0. The van der Waals surface area contributed by atoms with Gasteiger partial charge in [0.15, 0.2) is 15.8 Å². The molecule has 0 spiro atoms. The summed E-state index contributed by atoms with van der Waals surface area (Å²) in [6.45, 7) is 2.42. The molecular formula is C18H26N4O5S2. The van der Waals surface area contributed by atoms with Crippen LogP contribution in [-0.2, 0) is 24.7 Å². The summed E-state index contributed by atoms with van der Waals surface area (Å²) in [4.78, 5) is 18.2. The number of piperidine rings is 1. The van der Waals surface area contributed by atoms with Crippen molar-refractivity contribution in [3.05, 3.63) is 24.3 Å². The largest absolute Gasteiger partial charge is 0.369 e. The van der Waals surface area contributed by atoms with Crippen LogP contribution >= 0.6 is 0 Å². The summed E-state index contributed by atoms with van der Waals surface area (Å²) in [6.07, 6.45) is 2.62. The van der Waals surface area contributed by atoms with Crippen molar-refractivity contribution in [3.8, 4) is 0 Å². The molecule has 0 aliphatic carbocycles. The molecule has 0 bridgehead atoms. The van der Waals surface area contributed by atoms with Gasteiger partial charge in [0, 0.05) is 26.4 Å². The molecule has 3 rings (SSSR count). The number of hydrogen-bond donors (Lipinski definition) is 1. The Labute approximate surface area is 171 Å². The molecule has 1 amide bonds. The van der Waals surface area contributed by atoms with Crippen molar-refractivity contribution in [2.45, 2.75) is 41.5 Å². The number of carbonyl (C=O) groups is 1. The molecule has 0 aromatic heterocycles. The van der Waals surface area contributed by atoms with Crippen LogP contribution in [-0.4, -0.2) is 69.8 Å². The average molecular weight is 443 g/mol. The topological polar surface area (TPSA) is 130 Å². The van der Waals surface area contributed by atoms with Crippen LogP contribution in [0.15, 0.2) is 39.0 Å². The van der Waals surface area contributed by atoms with Crippen LogP contribution in [0.4, 0.5) is 0 Å². The molecule has 2 heterocycles. The van der Waals surface area contributed by atoms with Gasteiger partial charge in [0.05, 0.1) is 21.8 Å². The SMILES string of the molecule is CN1C(=O)C[C@@](C)(C2CCCN(S(=O)(=O)c3ccc(S(C)(=O)=O)cc3)C2)N=C1N. The van der Waals surface area contributed by atoms with Crippen molar-refractivity contribution in [1.29, 1.82) is 0 Å². The molecular weight excluding hydrogens is 416 g/mol. The quantitative estimate of drug-likeness (QED) is 0.719. The number of guanidine groups is 1. The van der Waals surface area contributed by atoms with E-state index >= 15 is 0 Å². The Kier molecular flexibility index (Phi) is 5.52. The van der Waals surface area contributed by atoms with Gasteiger partial charge in [-0.3, -0.25) is 9.69 Å². The zero-order valence-electron chi connectivity index (χ0n) is 16.7. The van der Waals surface area contributed by atoms with Gasteiger partial charge in [0.2, 0.25) is 15.9 Å². The van der Waals surface area contributed by atoms with Gasteiger partial charge in [0.25, 0.3) is 0 Å². The van der Waals surface area contributed by atoms with Crippen molar-refractivity contribution in [1.82, 2.24) is 9.21 Å². The van der Waals surface area contributed by atoms with E-state index < -0.39 is 25.4 Å². The van der Waals surface area contributed by atoms with Crippen LogP contribution in [0.2, 0.25) is 0 Å². The van der Waals surface area contributed by atoms with Gasteiger partial charge >= 0.3 is 0 Å². The highest BCUT2D eigenvalue weighted by atomic mass is 32.2. The van der Waals surface area contributed by atoms with E-state index in [-0.39, 0.29) is 40.5 Å². The second-order valence-corrected chi connectivity index (χ2v) is 11.9. The molecule has 1 fully saturated rings. The minimum atomic E-state index is -3.80. The zero-order chi connectivity index (χ0) is 21.6. The molecule has 0 saturated carbocycles. The van der Waals surface area contributed by atoms with E-state index in [1.54, 1.807) is 7.05 Å². The number of nitrogens with two attached hydrogens (primary N) is 1. The Morgan fingerprint density at radius 2 is 1.72 bits per heavy atom. The summed E-state index contributed by atoms with van der Waals surface area (Å²) in [6, 6.07) is 5.22. The number of aliphatic imine (C=N–C) groups is 1. The van der Waals surface area contributed by atoms with Crippen molar-refractivity contribution < 1.29 is 21.6 Å². The molecule has 1 unspecified atom stereocenters. The van der Waals surface area contributed by atoms with Gasteiger partial charge in [-0.25, -0.2) is 21.8 Å². The number of benzene rings is 1. The third kappa shape index (κ3) is 4.17. The van der Waals surface area contributed by atoms with Crippen molar-refractivity contribution in [2.24, 2.45) is 16.6 Å². The van der Waals surface area contributed by atoms with Gasteiger partial charge in [-0.1, -0.05) is 0 Å². The van der Waals surface area contributed by atoms with Crippen LogP contribution in [0.1, 0.15) is 26.2 Å². The molecule has 2 aliphatic heterocycles. The number of sulfone groups is 1. The van der Waals surface area contributed by atoms with Gasteiger partial charge in [-0.05, 0) is 49.9 Å². The first-order chi connectivity index (χ1) is 13.3. The van der Waals surface area contributed by atoms with E-state index in [1.807, 2.05) is 6.92 Å². The van der Waals surface area contributed by atoms with E-state index in [0.717, 1.165) is 12.7 Å². The molecule has 2 N–H and O–H groups in total. The molecule has 1 aromatic carbocycles. The molecule has 1 saturated heterocycles. The maximum Gasteiger partial charge on any atom is 0.243 e. The highest BCUT2D eigenvalue weighted by molar-refractivity contribution is 7.90. The second-order valence-electron chi connectivity index (χ2n) is 7.90. The third-order valence-electron chi connectivity index (χ3n) is 5.75. The lowest BCUT2D eigenvalue weighted by Gasteiger charge is -2.43. The fourth-order valence-electron chi connectivity index (χ4n) is 3.84.